The average molecular weight is 372 g/mol. The molecule has 0 amide bonds. The number of aromatic amines is 1. The number of halogens is 2. The quantitative estimate of drug-likeness (QED) is 0.728. The summed E-state index contributed by atoms with van der Waals surface area (Å²) in [5.41, 5.74) is 2.59. The van der Waals surface area contributed by atoms with Crippen LogP contribution in [0.25, 0.3) is 10.9 Å². The molecular weight excluding hydrogens is 353 g/mol. The van der Waals surface area contributed by atoms with Gasteiger partial charge in [0.15, 0.2) is 0 Å². The second-order valence-corrected chi connectivity index (χ2v) is 8.00. The van der Waals surface area contributed by atoms with Gasteiger partial charge in [-0.3, -0.25) is 10.00 Å². The fourth-order valence-electron chi connectivity index (χ4n) is 4.19. The number of fused-ring (bicyclic) bond motifs is 2. The van der Waals surface area contributed by atoms with Gasteiger partial charge in [-0.25, -0.2) is 4.39 Å². The van der Waals surface area contributed by atoms with Crippen molar-refractivity contribution in [1.29, 1.82) is 0 Å². The largest absolute Gasteiger partial charge is 0.493 e. The van der Waals surface area contributed by atoms with Crippen molar-refractivity contribution >= 4 is 22.5 Å². The third kappa shape index (κ3) is 2.85. The van der Waals surface area contributed by atoms with E-state index in [-0.39, 0.29) is 10.4 Å². The normalized spacial score (nSPS) is 24.8. The van der Waals surface area contributed by atoms with Crippen LogP contribution in [0.4, 0.5) is 4.39 Å². The van der Waals surface area contributed by atoms with E-state index >= 15 is 0 Å². The van der Waals surface area contributed by atoms with Crippen molar-refractivity contribution in [2.75, 3.05) is 19.7 Å². The molecule has 2 unspecified atom stereocenters. The van der Waals surface area contributed by atoms with Crippen molar-refractivity contribution in [3.05, 3.63) is 59.0 Å². The second kappa shape index (κ2) is 5.96. The number of H-pyrrole nitrogens is 1. The maximum atomic E-state index is 13.6. The first-order chi connectivity index (χ1) is 12.6. The van der Waals surface area contributed by atoms with Crippen molar-refractivity contribution in [1.82, 2.24) is 15.1 Å². The average Bonchev–Trinajstić information content (AvgIpc) is 2.96. The highest BCUT2D eigenvalue weighted by Crippen LogP contribution is 2.58. The summed E-state index contributed by atoms with van der Waals surface area (Å²) in [6, 6.07) is 11.1. The van der Waals surface area contributed by atoms with Gasteiger partial charge in [0.1, 0.15) is 11.6 Å². The van der Waals surface area contributed by atoms with E-state index < -0.39 is 5.82 Å². The van der Waals surface area contributed by atoms with Crippen LogP contribution in [-0.4, -0.2) is 34.8 Å². The number of rotatable bonds is 5. The topological polar surface area (TPSA) is 41.1 Å². The van der Waals surface area contributed by atoms with E-state index in [1.54, 1.807) is 12.1 Å². The van der Waals surface area contributed by atoms with E-state index in [2.05, 4.69) is 33.3 Å². The summed E-state index contributed by atoms with van der Waals surface area (Å²) in [5, 5.41) is 8.34. The Bertz CT molecular complexity index is 975. The molecule has 0 bridgehead atoms. The molecule has 2 fully saturated rings. The molecule has 4 nitrogen and oxygen atoms in total. The standard InChI is InChI=1S/C20H19ClFN3O/c21-17-3-2-16(6-18(17)22)26-12-20-7-15(20)10-25(11-20)9-13-1-4-19-14(5-13)8-23-24-19/h1-6,8,15H,7,9-12H2,(H,23,24). The zero-order valence-electron chi connectivity index (χ0n) is 14.2. The lowest BCUT2D eigenvalue weighted by molar-refractivity contribution is 0.200. The maximum absolute atomic E-state index is 13.6. The van der Waals surface area contributed by atoms with E-state index in [1.165, 1.54) is 18.1 Å². The lowest BCUT2D eigenvalue weighted by Crippen LogP contribution is -2.27. The van der Waals surface area contributed by atoms with Gasteiger partial charge in [-0.15, -0.1) is 0 Å². The summed E-state index contributed by atoms with van der Waals surface area (Å²) in [7, 11) is 0. The van der Waals surface area contributed by atoms with Crippen molar-refractivity contribution in [3.8, 4) is 5.75 Å². The number of ether oxygens (including phenoxy) is 1. The van der Waals surface area contributed by atoms with E-state index in [4.69, 9.17) is 16.3 Å². The molecule has 2 aromatic carbocycles. The summed E-state index contributed by atoms with van der Waals surface area (Å²) in [5.74, 6) is 0.796. The van der Waals surface area contributed by atoms with Crippen molar-refractivity contribution in [2.24, 2.45) is 11.3 Å². The summed E-state index contributed by atoms with van der Waals surface area (Å²) in [6.45, 7) is 3.70. The summed E-state index contributed by atoms with van der Waals surface area (Å²) in [6.07, 6.45) is 3.06. The Morgan fingerprint density at radius 1 is 1.31 bits per heavy atom. The lowest BCUT2D eigenvalue weighted by Gasteiger charge is -2.21. The Balaban J connectivity index is 1.22. The molecule has 6 heteroatoms. The number of aromatic nitrogens is 2. The molecule has 2 atom stereocenters. The minimum Gasteiger partial charge on any atom is -0.493 e. The number of nitrogens with zero attached hydrogens (tertiary/aromatic N) is 2. The zero-order valence-corrected chi connectivity index (χ0v) is 15.0. The highest BCUT2D eigenvalue weighted by atomic mass is 35.5. The van der Waals surface area contributed by atoms with Gasteiger partial charge < -0.3 is 4.74 Å². The molecule has 2 heterocycles. The van der Waals surface area contributed by atoms with Gasteiger partial charge in [-0.1, -0.05) is 17.7 Å². The summed E-state index contributed by atoms with van der Waals surface area (Å²) < 4.78 is 19.4. The molecular formula is C20H19ClFN3O. The van der Waals surface area contributed by atoms with Crippen molar-refractivity contribution < 1.29 is 9.13 Å². The molecule has 1 saturated carbocycles. The van der Waals surface area contributed by atoms with Crippen LogP contribution in [0.2, 0.25) is 5.02 Å². The lowest BCUT2D eigenvalue weighted by atomic mass is 10.1. The molecule has 26 heavy (non-hydrogen) atoms. The number of piperidine rings is 1. The van der Waals surface area contributed by atoms with E-state index in [0.29, 0.717) is 18.3 Å². The predicted octanol–water partition coefficient (Wildman–Crippen LogP) is 4.26. The van der Waals surface area contributed by atoms with Crippen LogP contribution in [0.1, 0.15) is 12.0 Å². The third-order valence-corrected chi connectivity index (χ3v) is 6.01. The smallest absolute Gasteiger partial charge is 0.145 e. The molecule has 0 spiro atoms. The Morgan fingerprint density at radius 2 is 2.23 bits per heavy atom. The van der Waals surface area contributed by atoms with Crippen LogP contribution in [-0.2, 0) is 6.54 Å². The van der Waals surface area contributed by atoms with Crippen molar-refractivity contribution in [3.63, 3.8) is 0 Å². The summed E-state index contributed by atoms with van der Waals surface area (Å²) in [4.78, 5) is 2.49. The van der Waals surface area contributed by atoms with Gasteiger partial charge in [0.25, 0.3) is 0 Å². The van der Waals surface area contributed by atoms with Gasteiger partial charge in [0.2, 0.25) is 0 Å². The van der Waals surface area contributed by atoms with Gasteiger partial charge in [0, 0.05) is 36.5 Å². The molecule has 1 N–H and O–H groups in total. The van der Waals surface area contributed by atoms with Gasteiger partial charge in [-0.2, -0.15) is 5.10 Å². The van der Waals surface area contributed by atoms with Crippen LogP contribution >= 0.6 is 11.6 Å². The predicted molar refractivity (Wildman–Crippen MR) is 98.8 cm³/mol. The molecule has 3 aromatic rings. The third-order valence-electron chi connectivity index (χ3n) is 5.70. The molecule has 1 aliphatic heterocycles. The summed E-state index contributed by atoms with van der Waals surface area (Å²) >= 11 is 5.73. The first kappa shape index (κ1) is 16.1. The minimum atomic E-state index is -0.434. The molecule has 1 aliphatic carbocycles. The fourth-order valence-corrected chi connectivity index (χ4v) is 4.31. The number of likely N-dealkylation sites (tertiary alicyclic amines) is 1. The molecule has 0 radical (unpaired) electrons. The van der Waals surface area contributed by atoms with Gasteiger partial charge in [0.05, 0.1) is 23.3 Å². The zero-order chi connectivity index (χ0) is 17.7. The highest BCUT2D eigenvalue weighted by molar-refractivity contribution is 6.30. The second-order valence-electron chi connectivity index (χ2n) is 7.59. The van der Waals surface area contributed by atoms with Crippen LogP contribution < -0.4 is 4.74 Å². The van der Waals surface area contributed by atoms with Crippen LogP contribution in [0.15, 0.2) is 42.6 Å². The molecule has 5 rings (SSSR count). The van der Waals surface area contributed by atoms with Gasteiger partial charge in [-0.05, 0) is 42.2 Å². The number of hydrogen-bond donors (Lipinski definition) is 1. The highest BCUT2D eigenvalue weighted by Gasteiger charge is 2.60. The van der Waals surface area contributed by atoms with E-state index in [0.717, 1.165) is 30.5 Å². The van der Waals surface area contributed by atoms with E-state index in [9.17, 15) is 4.39 Å². The molecule has 1 saturated heterocycles. The monoisotopic (exact) mass is 371 g/mol. The maximum Gasteiger partial charge on any atom is 0.145 e. The van der Waals surface area contributed by atoms with Gasteiger partial charge >= 0.3 is 0 Å². The molecule has 2 aliphatic rings. The minimum absolute atomic E-state index is 0.126. The number of nitrogens with one attached hydrogen (secondary N) is 1. The van der Waals surface area contributed by atoms with Crippen molar-refractivity contribution in [2.45, 2.75) is 13.0 Å². The SMILES string of the molecule is Fc1cc(OCC23CC2CN(Cc2ccc4[nH]ncc4c2)C3)ccc1Cl. The molecule has 1 aromatic heterocycles. The Morgan fingerprint density at radius 3 is 3.12 bits per heavy atom. The van der Waals surface area contributed by atoms with Crippen LogP contribution in [0, 0.1) is 17.2 Å². The first-order valence-electron chi connectivity index (χ1n) is 8.84. The molecule has 134 valence electrons. The fraction of sp³-hybridized carbons (Fsp3) is 0.350. The number of hydrogen-bond acceptors (Lipinski definition) is 3. The number of benzene rings is 2. The Hall–Kier alpha value is -2.11. The van der Waals surface area contributed by atoms with Crippen LogP contribution in [0.3, 0.4) is 0 Å². The first-order valence-corrected chi connectivity index (χ1v) is 9.21. The Kier molecular flexibility index (Phi) is 3.69. The Labute approximate surface area is 155 Å². The van der Waals surface area contributed by atoms with Crippen LogP contribution in [0.5, 0.6) is 5.75 Å². The van der Waals surface area contributed by atoms with E-state index in [1.807, 2.05) is 6.20 Å².